The van der Waals surface area contributed by atoms with Gasteiger partial charge in [-0.25, -0.2) is 0 Å². The molecule has 0 unspecified atom stereocenters. The number of hydrogen-bond donors (Lipinski definition) is 3. The number of carbonyl (C=O) groups excluding carboxylic acids is 2. The molecule has 4 aromatic rings. The molecule has 0 saturated carbocycles. The summed E-state index contributed by atoms with van der Waals surface area (Å²) in [5.41, 5.74) is 4.81. The van der Waals surface area contributed by atoms with Gasteiger partial charge in [0.2, 0.25) is 5.91 Å². The highest BCUT2D eigenvalue weighted by Gasteiger charge is 2.16. The van der Waals surface area contributed by atoms with Crippen LogP contribution >= 0.6 is 0 Å². The number of carbonyl (C=O) groups is 2. The number of aromatic amines is 1. The summed E-state index contributed by atoms with van der Waals surface area (Å²) in [7, 11) is 0. The summed E-state index contributed by atoms with van der Waals surface area (Å²) in [6, 6.07) is 22.7. The van der Waals surface area contributed by atoms with Gasteiger partial charge in [-0.15, -0.1) is 0 Å². The van der Waals surface area contributed by atoms with Gasteiger partial charge in [0.05, 0.1) is 17.8 Å². The summed E-state index contributed by atoms with van der Waals surface area (Å²) in [6.45, 7) is 6.41. The number of amides is 2. The zero-order valence-corrected chi connectivity index (χ0v) is 18.5. The van der Waals surface area contributed by atoms with E-state index in [9.17, 15) is 9.59 Å². The first kappa shape index (κ1) is 21.4. The fourth-order valence-corrected chi connectivity index (χ4v) is 3.66. The number of para-hydroxylation sites is 3. The van der Waals surface area contributed by atoms with E-state index < -0.39 is 0 Å². The van der Waals surface area contributed by atoms with Crippen LogP contribution in [0, 0.1) is 0 Å². The highest BCUT2D eigenvalue weighted by molar-refractivity contribution is 6.07. The molecular formula is C27H27N3O2. The summed E-state index contributed by atoms with van der Waals surface area (Å²) in [6.07, 6.45) is 2.10. The second-order valence-corrected chi connectivity index (χ2v) is 8.91. The van der Waals surface area contributed by atoms with Crippen molar-refractivity contribution in [2.75, 3.05) is 10.6 Å². The molecule has 3 N–H and O–H groups in total. The molecule has 3 aromatic carbocycles. The molecule has 4 rings (SSSR count). The molecule has 1 aromatic heterocycles. The third kappa shape index (κ3) is 4.72. The molecule has 2 amide bonds. The quantitative estimate of drug-likeness (QED) is 0.372. The minimum Gasteiger partial charge on any atom is -0.361 e. The lowest BCUT2D eigenvalue weighted by Gasteiger charge is -2.19. The minimum absolute atomic E-state index is 0.0245. The highest BCUT2D eigenvalue weighted by atomic mass is 16.2. The van der Waals surface area contributed by atoms with Crippen LogP contribution in [0.2, 0.25) is 0 Å². The maximum atomic E-state index is 12.8. The van der Waals surface area contributed by atoms with Gasteiger partial charge in [-0.05, 0) is 46.9 Å². The van der Waals surface area contributed by atoms with Gasteiger partial charge in [-0.1, -0.05) is 63.2 Å². The Balaban J connectivity index is 1.46. The standard InChI is InChI=1S/C27H27N3O2/c1-27(2,3)20-14-12-18(13-15-20)26(32)30-24-11-7-6-10-23(24)29-25(31)16-19-17-28-22-9-5-4-8-21(19)22/h4-15,17,28H,16H2,1-3H3,(H,29,31)(H,30,32). The van der Waals surface area contributed by atoms with Crippen LogP contribution in [-0.2, 0) is 16.6 Å². The van der Waals surface area contributed by atoms with Crippen LogP contribution in [0.4, 0.5) is 11.4 Å². The Morgan fingerprint density at radius 1 is 0.812 bits per heavy atom. The molecule has 32 heavy (non-hydrogen) atoms. The Bertz CT molecular complexity index is 1260. The maximum Gasteiger partial charge on any atom is 0.255 e. The fraction of sp³-hybridized carbons (Fsp3) is 0.185. The van der Waals surface area contributed by atoms with E-state index in [1.807, 2.05) is 66.9 Å². The van der Waals surface area contributed by atoms with Crippen molar-refractivity contribution in [3.63, 3.8) is 0 Å². The lowest BCUT2D eigenvalue weighted by atomic mass is 9.87. The molecule has 0 saturated heterocycles. The summed E-state index contributed by atoms with van der Waals surface area (Å²) in [5, 5.41) is 6.88. The number of H-pyrrole nitrogens is 1. The average Bonchev–Trinajstić information content (AvgIpc) is 3.17. The number of hydrogen-bond acceptors (Lipinski definition) is 2. The van der Waals surface area contributed by atoms with E-state index in [0.29, 0.717) is 16.9 Å². The van der Waals surface area contributed by atoms with E-state index in [-0.39, 0.29) is 23.7 Å². The van der Waals surface area contributed by atoms with Crippen molar-refractivity contribution < 1.29 is 9.59 Å². The van der Waals surface area contributed by atoms with Crippen LogP contribution in [0.25, 0.3) is 10.9 Å². The monoisotopic (exact) mass is 425 g/mol. The van der Waals surface area contributed by atoms with Crippen molar-refractivity contribution in [2.45, 2.75) is 32.6 Å². The smallest absolute Gasteiger partial charge is 0.255 e. The molecule has 0 aliphatic carbocycles. The van der Waals surface area contributed by atoms with Crippen LogP contribution in [0.5, 0.6) is 0 Å². The van der Waals surface area contributed by atoms with E-state index in [4.69, 9.17) is 0 Å². The Labute approximate surface area is 187 Å². The van der Waals surface area contributed by atoms with E-state index in [0.717, 1.165) is 16.5 Å². The van der Waals surface area contributed by atoms with Gasteiger partial charge in [0.15, 0.2) is 0 Å². The van der Waals surface area contributed by atoms with Crippen LogP contribution in [0.3, 0.4) is 0 Å². The number of aromatic nitrogens is 1. The lowest BCUT2D eigenvalue weighted by molar-refractivity contribution is -0.115. The first-order chi connectivity index (χ1) is 15.3. The largest absolute Gasteiger partial charge is 0.361 e. The second kappa shape index (κ2) is 8.71. The van der Waals surface area contributed by atoms with Crippen molar-refractivity contribution in [1.29, 1.82) is 0 Å². The van der Waals surface area contributed by atoms with Crippen molar-refractivity contribution in [3.8, 4) is 0 Å². The molecule has 1 heterocycles. The van der Waals surface area contributed by atoms with Gasteiger partial charge >= 0.3 is 0 Å². The van der Waals surface area contributed by atoms with Crippen molar-refractivity contribution >= 4 is 34.1 Å². The molecule has 162 valence electrons. The van der Waals surface area contributed by atoms with Crippen molar-refractivity contribution in [1.82, 2.24) is 4.98 Å². The molecular weight excluding hydrogens is 398 g/mol. The van der Waals surface area contributed by atoms with Crippen LogP contribution in [0.15, 0.2) is 79.0 Å². The van der Waals surface area contributed by atoms with Crippen molar-refractivity contribution in [3.05, 3.63) is 95.7 Å². The summed E-state index contributed by atoms with van der Waals surface area (Å²) >= 11 is 0. The van der Waals surface area contributed by atoms with Crippen LogP contribution in [-0.4, -0.2) is 16.8 Å². The lowest BCUT2D eigenvalue weighted by Crippen LogP contribution is -2.18. The summed E-state index contributed by atoms with van der Waals surface area (Å²) in [4.78, 5) is 28.7. The highest BCUT2D eigenvalue weighted by Crippen LogP contribution is 2.25. The second-order valence-electron chi connectivity index (χ2n) is 8.91. The molecule has 0 atom stereocenters. The van der Waals surface area contributed by atoms with E-state index in [1.54, 1.807) is 12.1 Å². The first-order valence-electron chi connectivity index (χ1n) is 10.7. The first-order valence-corrected chi connectivity index (χ1v) is 10.7. The number of benzene rings is 3. The normalized spacial score (nSPS) is 11.3. The van der Waals surface area contributed by atoms with Gasteiger partial charge in [0, 0.05) is 22.7 Å². The Morgan fingerprint density at radius 3 is 2.12 bits per heavy atom. The minimum atomic E-state index is -0.219. The Morgan fingerprint density at radius 2 is 1.44 bits per heavy atom. The molecule has 0 bridgehead atoms. The third-order valence-electron chi connectivity index (χ3n) is 5.49. The van der Waals surface area contributed by atoms with Gasteiger partial charge in [-0.2, -0.15) is 0 Å². The van der Waals surface area contributed by atoms with Gasteiger partial charge < -0.3 is 15.6 Å². The summed E-state index contributed by atoms with van der Waals surface area (Å²) in [5.74, 6) is -0.366. The molecule has 5 heteroatoms. The molecule has 0 aliphatic heterocycles. The van der Waals surface area contributed by atoms with Gasteiger partial charge in [-0.3, -0.25) is 9.59 Å². The summed E-state index contributed by atoms with van der Waals surface area (Å²) < 4.78 is 0. The topological polar surface area (TPSA) is 74.0 Å². The van der Waals surface area contributed by atoms with E-state index in [1.165, 1.54) is 5.56 Å². The van der Waals surface area contributed by atoms with Crippen LogP contribution in [0.1, 0.15) is 42.3 Å². The SMILES string of the molecule is CC(C)(C)c1ccc(C(=O)Nc2ccccc2NC(=O)Cc2c[nH]c3ccccc23)cc1. The Hall–Kier alpha value is -3.86. The molecule has 0 fully saturated rings. The predicted molar refractivity (Wildman–Crippen MR) is 130 cm³/mol. The Kier molecular flexibility index (Phi) is 5.82. The number of fused-ring (bicyclic) bond motifs is 1. The van der Waals surface area contributed by atoms with E-state index in [2.05, 4.69) is 36.4 Å². The van der Waals surface area contributed by atoms with Gasteiger partial charge in [0.1, 0.15) is 0 Å². The molecule has 0 radical (unpaired) electrons. The van der Waals surface area contributed by atoms with E-state index >= 15 is 0 Å². The third-order valence-corrected chi connectivity index (χ3v) is 5.49. The number of rotatable bonds is 5. The molecule has 0 spiro atoms. The molecule has 5 nitrogen and oxygen atoms in total. The predicted octanol–water partition coefficient (Wildman–Crippen LogP) is 5.90. The zero-order chi connectivity index (χ0) is 22.7. The number of nitrogens with one attached hydrogen (secondary N) is 3. The van der Waals surface area contributed by atoms with Gasteiger partial charge in [0.25, 0.3) is 5.91 Å². The average molecular weight is 426 g/mol. The fourth-order valence-electron chi connectivity index (χ4n) is 3.66. The maximum absolute atomic E-state index is 12.8. The number of anilines is 2. The van der Waals surface area contributed by atoms with Crippen molar-refractivity contribution in [2.24, 2.45) is 0 Å². The molecule has 0 aliphatic rings. The zero-order valence-electron chi connectivity index (χ0n) is 18.5. The van der Waals surface area contributed by atoms with Crippen LogP contribution < -0.4 is 10.6 Å².